The van der Waals surface area contributed by atoms with Crippen molar-refractivity contribution in [3.63, 3.8) is 0 Å². The second-order valence-electron chi connectivity index (χ2n) is 5.77. The Labute approximate surface area is 133 Å². The van der Waals surface area contributed by atoms with Gasteiger partial charge in [-0.25, -0.2) is 14.5 Å². The molecule has 1 N–H and O–H groups in total. The van der Waals surface area contributed by atoms with Gasteiger partial charge >= 0.3 is 0 Å². The Hall–Kier alpha value is -1.85. The average molecular weight is 316 g/mol. The normalized spacial score (nSPS) is 16.5. The molecule has 22 heavy (non-hydrogen) atoms. The van der Waals surface area contributed by atoms with E-state index < -0.39 is 0 Å². The van der Waals surface area contributed by atoms with Crippen molar-refractivity contribution in [2.45, 2.75) is 26.2 Å². The number of benzene rings is 1. The monoisotopic (exact) mass is 315 g/mol. The molecule has 1 aliphatic rings. The van der Waals surface area contributed by atoms with Crippen LogP contribution >= 0.6 is 11.6 Å². The van der Waals surface area contributed by atoms with E-state index in [2.05, 4.69) is 21.6 Å². The molecule has 4 rings (SSSR count). The van der Waals surface area contributed by atoms with Gasteiger partial charge in [-0.05, 0) is 31.9 Å². The molecule has 0 amide bonds. The first-order valence-corrected chi connectivity index (χ1v) is 8.07. The molecule has 5 nitrogen and oxygen atoms in total. The number of anilines is 1. The summed E-state index contributed by atoms with van der Waals surface area (Å²) in [4.78, 5) is 4.73. The summed E-state index contributed by atoms with van der Waals surface area (Å²) in [7, 11) is 0. The molecule has 1 aliphatic heterocycles. The number of fused-ring (bicyclic) bond motifs is 3. The van der Waals surface area contributed by atoms with E-state index in [1.165, 1.54) is 19.3 Å². The van der Waals surface area contributed by atoms with Gasteiger partial charge in [0.1, 0.15) is 5.02 Å². The zero-order chi connectivity index (χ0) is 15.1. The zero-order valence-corrected chi connectivity index (χ0v) is 13.3. The summed E-state index contributed by atoms with van der Waals surface area (Å²) in [6.45, 7) is 4.00. The molecule has 0 unspecified atom stereocenters. The van der Waals surface area contributed by atoms with Gasteiger partial charge in [-0.15, -0.1) is 0 Å². The molecule has 3 heterocycles. The number of hydrogen-bond acceptors (Lipinski definition) is 4. The molecule has 1 fully saturated rings. The van der Waals surface area contributed by atoms with Crippen molar-refractivity contribution < 1.29 is 0 Å². The van der Waals surface area contributed by atoms with Crippen LogP contribution in [-0.2, 0) is 0 Å². The predicted octanol–water partition coefficient (Wildman–Crippen LogP) is 3.66. The molecule has 0 spiro atoms. The van der Waals surface area contributed by atoms with Crippen LogP contribution in [0, 0.1) is 6.92 Å². The van der Waals surface area contributed by atoms with Crippen molar-refractivity contribution in [2.24, 2.45) is 0 Å². The van der Waals surface area contributed by atoms with E-state index in [-0.39, 0.29) is 0 Å². The Morgan fingerprint density at radius 3 is 2.73 bits per heavy atom. The van der Waals surface area contributed by atoms with Gasteiger partial charge in [-0.2, -0.15) is 5.10 Å². The van der Waals surface area contributed by atoms with E-state index in [1.807, 2.05) is 29.6 Å². The molecule has 114 valence electrons. The van der Waals surface area contributed by atoms with Crippen molar-refractivity contribution in [1.82, 2.24) is 19.6 Å². The standard InChI is InChI=1S/C16H18ClN5/c1-11-14(17)16-18-15(20-21-9-5-2-6-10-21)12-7-3-4-8-13(12)22(16)19-11/h3-4,7-8H,2,5-6,9-10H2,1H3,(H,18,20). The lowest BCUT2D eigenvalue weighted by Crippen LogP contribution is -2.35. The van der Waals surface area contributed by atoms with Crippen molar-refractivity contribution >= 4 is 34.0 Å². The molecule has 0 aliphatic carbocycles. The summed E-state index contributed by atoms with van der Waals surface area (Å²) in [6, 6.07) is 8.15. The number of aromatic nitrogens is 3. The number of aryl methyl sites for hydroxylation is 1. The first kappa shape index (κ1) is 13.8. The van der Waals surface area contributed by atoms with Crippen molar-refractivity contribution in [2.75, 3.05) is 18.5 Å². The van der Waals surface area contributed by atoms with E-state index in [4.69, 9.17) is 16.6 Å². The molecular weight excluding hydrogens is 298 g/mol. The van der Waals surface area contributed by atoms with Gasteiger partial charge in [0, 0.05) is 18.5 Å². The second kappa shape index (κ2) is 5.41. The van der Waals surface area contributed by atoms with Crippen LogP contribution in [-0.4, -0.2) is 32.7 Å². The van der Waals surface area contributed by atoms with E-state index >= 15 is 0 Å². The molecule has 1 aromatic carbocycles. The van der Waals surface area contributed by atoms with Crippen LogP contribution in [0.4, 0.5) is 5.82 Å². The highest BCUT2D eigenvalue weighted by Gasteiger charge is 2.17. The smallest absolute Gasteiger partial charge is 0.177 e. The van der Waals surface area contributed by atoms with Crippen molar-refractivity contribution in [1.29, 1.82) is 0 Å². The SMILES string of the molecule is Cc1nn2c(nc(NN3CCCCC3)c3ccccc32)c1Cl. The lowest BCUT2D eigenvalue weighted by Gasteiger charge is -2.27. The minimum absolute atomic E-state index is 0.618. The maximum atomic E-state index is 6.37. The van der Waals surface area contributed by atoms with E-state index in [1.54, 1.807) is 0 Å². The summed E-state index contributed by atoms with van der Waals surface area (Å²) in [5, 5.41) is 8.42. The molecule has 0 saturated carbocycles. The Morgan fingerprint density at radius 1 is 1.14 bits per heavy atom. The summed E-state index contributed by atoms with van der Waals surface area (Å²) >= 11 is 6.37. The van der Waals surface area contributed by atoms with E-state index in [0.29, 0.717) is 10.7 Å². The maximum Gasteiger partial charge on any atom is 0.177 e. The number of nitrogens with zero attached hydrogens (tertiary/aromatic N) is 4. The van der Waals surface area contributed by atoms with Crippen LogP contribution < -0.4 is 5.43 Å². The molecule has 0 bridgehead atoms. The molecule has 2 aromatic heterocycles. The van der Waals surface area contributed by atoms with Gasteiger partial charge < -0.3 is 5.43 Å². The third-order valence-electron chi connectivity index (χ3n) is 4.19. The van der Waals surface area contributed by atoms with Gasteiger partial charge in [0.15, 0.2) is 11.5 Å². The highest BCUT2D eigenvalue weighted by molar-refractivity contribution is 6.34. The van der Waals surface area contributed by atoms with Crippen molar-refractivity contribution in [3.8, 4) is 0 Å². The fourth-order valence-corrected chi connectivity index (χ4v) is 3.19. The summed E-state index contributed by atoms with van der Waals surface area (Å²) in [6.07, 6.45) is 3.75. The van der Waals surface area contributed by atoms with Crippen LogP contribution in [0.2, 0.25) is 5.02 Å². The Balaban J connectivity index is 1.89. The van der Waals surface area contributed by atoms with Crippen LogP contribution in [0.1, 0.15) is 25.0 Å². The van der Waals surface area contributed by atoms with Crippen LogP contribution in [0.25, 0.3) is 16.6 Å². The molecular formula is C16H18ClN5. The minimum Gasteiger partial charge on any atom is -0.302 e. The number of halogens is 1. The number of hydrogen-bond donors (Lipinski definition) is 1. The zero-order valence-electron chi connectivity index (χ0n) is 12.5. The van der Waals surface area contributed by atoms with Crippen LogP contribution in [0.15, 0.2) is 24.3 Å². The van der Waals surface area contributed by atoms with E-state index in [9.17, 15) is 0 Å². The topological polar surface area (TPSA) is 45.5 Å². The van der Waals surface area contributed by atoms with Gasteiger partial charge in [-0.3, -0.25) is 0 Å². The largest absolute Gasteiger partial charge is 0.302 e. The van der Waals surface area contributed by atoms with Crippen LogP contribution in [0.5, 0.6) is 0 Å². The lowest BCUT2D eigenvalue weighted by atomic mass is 10.2. The number of nitrogens with one attached hydrogen (secondary N) is 1. The Bertz CT molecular complexity index is 835. The molecule has 0 radical (unpaired) electrons. The highest BCUT2D eigenvalue weighted by Crippen LogP contribution is 2.28. The third-order valence-corrected chi connectivity index (χ3v) is 4.63. The average Bonchev–Trinajstić information content (AvgIpc) is 2.84. The first-order chi connectivity index (χ1) is 10.7. The predicted molar refractivity (Wildman–Crippen MR) is 89.3 cm³/mol. The molecule has 0 atom stereocenters. The second-order valence-corrected chi connectivity index (χ2v) is 6.15. The fourth-order valence-electron chi connectivity index (χ4n) is 3.03. The quantitative estimate of drug-likeness (QED) is 0.784. The summed E-state index contributed by atoms with van der Waals surface area (Å²) in [5.41, 5.74) is 6.00. The summed E-state index contributed by atoms with van der Waals surface area (Å²) in [5.74, 6) is 0.854. The number of para-hydroxylation sites is 1. The van der Waals surface area contributed by atoms with E-state index in [0.717, 1.165) is 35.5 Å². The van der Waals surface area contributed by atoms with Crippen molar-refractivity contribution in [3.05, 3.63) is 35.0 Å². The van der Waals surface area contributed by atoms with Gasteiger partial charge in [0.2, 0.25) is 0 Å². The summed E-state index contributed by atoms with van der Waals surface area (Å²) < 4.78 is 1.83. The fraction of sp³-hybridized carbons (Fsp3) is 0.375. The number of piperidine rings is 1. The Kier molecular flexibility index (Phi) is 3.39. The van der Waals surface area contributed by atoms with Crippen LogP contribution in [0.3, 0.4) is 0 Å². The lowest BCUT2D eigenvalue weighted by molar-refractivity contribution is 0.272. The third kappa shape index (κ3) is 2.21. The van der Waals surface area contributed by atoms with Gasteiger partial charge in [0.25, 0.3) is 0 Å². The molecule has 1 saturated heterocycles. The highest BCUT2D eigenvalue weighted by atomic mass is 35.5. The Morgan fingerprint density at radius 2 is 1.91 bits per heavy atom. The molecule has 3 aromatic rings. The number of rotatable bonds is 2. The van der Waals surface area contributed by atoms with Gasteiger partial charge in [-0.1, -0.05) is 30.2 Å². The first-order valence-electron chi connectivity index (χ1n) is 7.69. The number of hydrazine groups is 1. The maximum absolute atomic E-state index is 6.37. The minimum atomic E-state index is 0.618. The molecule has 6 heteroatoms. The van der Waals surface area contributed by atoms with Gasteiger partial charge in [0.05, 0.1) is 11.2 Å².